The lowest BCUT2D eigenvalue weighted by atomic mass is 10.1. The Morgan fingerprint density at radius 3 is 2.89 bits per heavy atom. The lowest BCUT2D eigenvalue weighted by Gasteiger charge is -2.12. The van der Waals surface area contributed by atoms with Crippen molar-refractivity contribution in [1.29, 1.82) is 0 Å². The van der Waals surface area contributed by atoms with Crippen LogP contribution in [-0.4, -0.2) is 43.3 Å². The zero-order valence-corrected chi connectivity index (χ0v) is 11.2. The number of nitrogens with one attached hydrogen (secondary N) is 2. The highest BCUT2D eigenvalue weighted by atomic mass is 32.2. The molecule has 0 saturated carbocycles. The quantitative estimate of drug-likeness (QED) is 0.829. The van der Waals surface area contributed by atoms with E-state index in [1.807, 2.05) is 18.2 Å². The topological polar surface area (TPSA) is 78.1 Å². The molecule has 1 aromatic heterocycles. The maximum absolute atomic E-state index is 11.5. The summed E-state index contributed by atoms with van der Waals surface area (Å²) in [6.45, 7) is 0.375. The molecule has 0 atom stereocenters. The van der Waals surface area contributed by atoms with Gasteiger partial charge < -0.3 is 4.98 Å². The van der Waals surface area contributed by atoms with Crippen LogP contribution in [0.15, 0.2) is 24.5 Å². The van der Waals surface area contributed by atoms with Crippen molar-refractivity contribution in [3.8, 4) is 0 Å². The number of imidazole rings is 1. The van der Waals surface area contributed by atoms with E-state index in [2.05, 4.69) is 14.7 Å². The molecule has 98 valence electrons. The number of aromatic nitrogens is 2. The van der Waals surface area contributed by atoms with Crippen molar-refractivity contribution < 1.29 is 8.42 Å². The third-order valence-corrected chi connectivity index (χ3v) is 4.19. The van der Waals surface area contributed by atoms with E-state index in [4.69, 9.17) is 0 Å². The van der Waals surface area contributed by atoms with Crippen molar-refractivity contribution in [2.75, 3.05) is 20.6 Å². The third kappa shape index (κ3) is 2.87. The largest absolute Gasteiger partial charge is 0.345 e. The Kier molecular flexibility index (Phi) is 3.65. The molecule has 0 bridgehead atoms. The van der Waals surface area contributed by atoms with Gasteiger partial charge >= 0.3 is 0 Å². The monoisotopic (exact) mass is 268 g/mol. The van der Waals surface area contributed by atoms with Crippen molar-refractivity contribution in [2.24, 2.45) is 0 Å². The van der Waals surface area contributed by atoms with Gasteiger partial charge in [-0.3, -0.25) is 0 Å². The van der Waals surface area contributed by atoms with Gasteiger partial charge in [0.05, 0.1) is 17.4 Å². The molecule has 6 nitrogen and oxygen atoms in total. The second-order valence-electron chi connectivity index (χ2n) is 4.19. The van der Waals surface area contributed by atoms with Crippen LogP contribution in [0.25, 0.3) is 11.0 Å². The number of aromatic amines is 1. The summed E-state index contributed by atoms with van der Waals surface area (Å²) in [6, 6.07) is 5.85. The summed E-state index contributed by atoms with van der Waals surface area (Å²) >= 11 is 0. The van der Waals surface area contributed by atoms with Gasteiger partial charge in [-0.25, -0.2) is 9.71 Å². The highest BCUT2D eigenvalue weighted by Crippen LogP contribution is 2.11. The Hall–Kier alpha value is -1.44. The minimum absolute atomic E-state index is 0.375. The van der Waals surface area contributed by atoms with Crippen LogP contribution in [0, 0.1) is 0 Å². The van der Waals surface area contributed by atoms with Gasteiger partial charge in [0.25, 0.3) is 10.2 Å². The van der Waals surface area contributed by atoms with Crippen LogP contribution in [0.3, 0.4) is 0 Å². The van der Waals surface area contributed by atoms with Crippen LogP contribution in [0.2, 0.25) is 0 Å². The number of hydrogen-bond acceptors (Lipinski definition) is 3. The lowest BCUT2D eigenvalue weighted by Crippen LogP contribution is -2.36. The van der Waals surface area contributed by atoms with Gasteiger partial charge in [0.15, 0.2) is 0 Å². The summed E-state index contributed by atoms with van der Waals surface area (Å²) in [5.41, 5.74) is 2.93. The lowest BCUT2D eigenvalue weighted by molar-refractivity contribution is 0.506. The van der Waals surface area contributed by atoms with Crippen LogP contribution in [0.4, 0.5) is 0 Å². The molecular weight excluding hydrogens is 252 g/mol. The van der Waals surface area contributed by atoms with Crippen molar-refractivity contribution in [3.05, 3.63) is 30.1 Å². The van der Waals surface area contributed by atoms with Crippen molar-refractivity contribution in [3.63, 3.8) is 0 Å². The van der Waals surface area contributed by atoms with Crippen LogP contribution < -0.4 is 4.72 Å². The second kappa shape index (κ2) is 5.05. The summed E-state index contributed by atoms with van der Waals surface area (Å²) in [5.74, 6) is 0. The van der Waals surface area contributed by atoms with E-state index in [0.717, 1.165) is 20.9 Å². The average Bonchev–Trinajstić information content (AvgIpc) is 2.75. The molecule has 0 aliphatic heterocycles. The Bertz CT molecular complexity index is 633. The molecule has 1 aromatic carbocycles. The first-order valence-corrected chi connectivity index (χ1v) is 7.02. The summed E-state index contributed by atoms with van der Waals surface area (Å²) in [4.78, 5) is 7.16. The molecule has 2 N–H and O–H groups in total. The van der Waals surface area contributed by atoms with Crippen molar-refractivity contribution in [1.82, 2.24) is 19.0 Å². The van der Waals surface area contributed by atoms with E-state index in [1.54, 1.807) is 6.33 Å². The first-order chi connectivity index (χ1) is 8.49. The van der Waals surface area contributed by atoms with E-state index >= 15 is 0 Å². The normalized spacial score (nSPS) is 12.4. The van der Waals surface area contributed by atoms with Crippen LogP contribution >= 0.6 is 0 Å². The molecule has 0 aliphatic rings. The number of nitrogens with zero attached hydrogens (tertiary/aromatic N) is 2. The van der Waals surface area contributed by atoms with Crippen LogP contribution in [0.5, 0.6) is 0 Å². The predicted octanol–water partition coefficient (Wildman–Crippen LogP) is 0.501. The molecular formula is C11H16N4O2S. The standard InChI is InChI=1S/C11H16N4O2S/c1-15(2)18(16,17)14-6-5-9-3-4-10-11(7-9)13-8-12-10/h3-4,7-8,14H,5-6H2,1-2H3,(H,12,13). The number of benzene rings is 1. The summed E-state index contributed by atoms with van der Waals surface area (Å²) in [5, 5.41) is 0. The zero-order valence-electron chi connectivity index (χ0n) is 10.3. The van der Waals surface area contributed by atoms with Gasteiger partial charge in [-0.05, 0) is 24.1 Å². The number of fused-ring (bicyclic) bond motifs is 1. The maximum Gasteiger partial charge on any atom is 0.278 e. The fraction of sp³-hybridized carbons (Fsp3) is 0.364. The molecule has 18 heavy (non-hydrogen) atoms. The van der Waals surface area contributed by atoms with Gasteiger partial charge in [-0.15, -0.1) is 0 Å². The minimum Gasteiger partial charge on any atom is -0.345 e. The van der Waals surface area contributed by atoms with Gasteiger partial charge in [-0.2, -0.15) is 12.7 Å². The van der Waals surface area contributed by atoms with E-state index < -0.39 is 10.2 Å². The summed E-state index contributed by atoms with van der Waals surface area (Å²) in [6.07, 6.45) is 2.28. The molecule has 2 aromatic rings. The van der Waals surface area contributed by atoms with Gasteiger partial charge in [0.2, 0.25) is 0 Å². The van der Waals surface area contributed by atoms with Gasteiger partial charge in [-0.1, -0.05) is 6.07 Å². The zero-order chi connectivity index (χ0) is 13.2. The molecule has 0 unspecified atom stereocenters. The van der Waals surface area contributed by atoms with Crippen molar-refractivity contribution >= 4 is 21.2 Å². The summed E-state index contributed by atoms with van der Waals surface area (Å²) < 4.78 is 26.7. The Morgan fingerprint density at radius 2 is 2.17 bits per heavy atom. The average molecular weight is 268 g/mol. The molecule has 1 heterocycles. The fourth-order valence-corrected chi connectivity index (χ4v) is 2.21. The Labute approximate surface area is 106 Å². The van der Waals surface area contributed by atoms with Crippen molar-refractivity contribution in [2.45, 2.75) is 6.42 Å². The van der Waals surface area contributed by atoms with E-state index in [-0.39, 0.29) is 0 Å². The van der Waals surface area contributed by atoms with Crippen LogP contribution in [-0.2, 0) is 16.6 Å². The molecule has 0 saturated heterocycles. The Balaban J connectivity index is 1.98. The first-order valence-electron chi connectivity index (χ1n) is 5.58. The number of rotatable bonds is 5. The Morgan fingerprint density at radius 1 is 1.39 bits per heavy atom. The fourth-order valence-electron chi connectivity index (χ4n) is 1.59. The maximum atomic E-state index is 11.5. The summed E-state index contributed by atoms with van der Waals surface area (Å²) in [7, 11) is -0.339. The highest BCUT2D eigenvalue weighted by Gasteiger charge is 2.11. The van der Waals surface area contributed by atoms with E-state index in [1.165, 1.54) is 14.1 Å². The molecule has 0 spiro atoms. The molecule has 0 fully saturated rings. The van der Waals surface area contributed by atoms with Crippen LogP contribution in [0.1, 0.15) is 5.56 Å². The molecule has 0 radical (unpaired) electrons. The number of H-pyrrole nitrogens is 1. The van der Waals surface area contributed by atoms with Gasteiger partial charge in [0, 0.05) is 20.6 Å². The molecule has 7 heteroatoms. The number of hydrogen-bond donors (Lipinski definition) is 2. The first kappa shape index (κ1) is 13.0. The highest BCUT2D eigenvalue weighted by molar-refractivity contribution is 7.87. The van der Waals surface area contributed by atoms with Gasteiger partial charge in [0.1, 0.15) is 0 Å². The predicted molar refractivity (Wildman–Crippen MR) is 70.4 cm³/mol. The minimum atomic E-state index is -3.34. The molecule has 0 aliphatic carbocycles. The molecule has 0 amide bonds. The third-order valence-electron chi connectivity index (χ3n) is 2.66. The van der Waals surface area contributed by atoms with E-state index in [0.29, 0.717) is 13.0 Å². The smallest absolute Gasteiger partial charge is 0.278 e. The molecule has 2 rings (SSSR count). The second-order valence-corrected chi connectivity index (χ2v) is 6.15. The van der Waals surface area contributed by atoms with E-state index in [9.17, 15) is 8.42 Å². The SMILES string of the molecule is CN(C)S(=O)(=O)NCCc1ccc2nc[nH]c2c1.